The van der Waals surface area contributed by atoms with Crippen molar-refractivity contribution in [1.29, 1.82) is 0 Å². The highest BCUT2D eigenvalue weighted by Gasteiger charge is 2.24. The molecule has 2 rings (SSSR count). The molecule has 1 saturated heterocycles. The average Bonchev–Trinajstić information content (AvgIpc) is 2.77. The molecule has 0 radical (unpaired) electrons. The molecule has 1 aromatic heterocycles. The van der Waals surface area contributed by atoms with Gasteiger partial charge in [0.15, 0.2) is 0 Å². The summed E-state index contributed by atoms with van der Waals surface area (Å²) < 4.78 is 0. The van der Waals surface area contributed by atoms with Crippen LogP contribution in [0.1, 0.15) is 12.1 Å². The molecule has 1 fully saturated rings. The molecule has 0 spiro atoms. The first-order valence-corrected chi connectivity index (χ1v) is 7.65. The molecule has 2 heterocycles. The lowest BCUT2D eigenvalue weighted by molar-refractivity contribution is -0.139. The lowest BCUT2D eigenvalue weighted by Crippen LogP contribution is -2.49. The van der Waals surface area contributed by atoms with Crippen LogP contribution in [-0.4, -0.2) is 62.6 Å². The van der Waals surface area contributed by atoms with Crippen LogP contribution in [0.5, 0.6) is 0 Å². The molecule has 1 aromatic rings. The number of hydrogen-bond donors (Lipinski definition) is 3. The molecule has 0 unspecified atom stereocenters. The summed E-state index contributed by atoms with van der Waals surface area (Å²) in [6.45, 7) is 1.34. The van der Waals surface area contributed by atoms with Crippen LogP contribution >= 0.6 is 11.8 Å². The number of hydrogen-bond acceptors (Lipinski definition) is 4. The molecule has 3 N–H and O–H groups in total. The number of H-pyrrole nitrogens is 1. The van der Waals surface area contributed by atoms with E-state index in [0.717, 1.165) is 17.9 Å². The fraction of sp³-hybridized carbons (Fsp3) is 0.583. The van der Waals surface area contributed by atoms with E-state index in [1.54, 1.807) is 11.1 Å². The first kappa shape index (κ1) is 14.7. The second kappa shape index (κ2) is 7.18. The standard InChI is InChI=1S/C12H18N4O3S/c17-11(18)10(6-9-7-13-8-14-9)15-12(19)16-2-1-4-20-5-3-16/h7-8,10H,1-6H2,(H,13,14)(H,15,19)(H,17,18)/t10-/m0/s1. The predicted molar refractivity (Wildman–Crippen MR) is 75.8 cm³/mol. The maximum Gasteiger partial charge on any atom is 0.326 e. The number of rotatable bonds is 4. The Balaban J connectivity index is 1.93. The van der Waals surface area contributed by atoms with Gasteiger partial charge in [-0.15, -0.1) is 0 Å². The number of imidazole rings is 1. The summed E-state index contributed by atoms with van der Waals surface area (Å²) in [5.41, 5.74) is 0.684. The van der Waals surface area contributed by atoms with Gasteiger partial charge in [-0.05, 0) is 12.2 Å². The monoisotopic (exact) mass is 298 g/mol. The Morgan fingerprint density at radius 1 is 1.50 bits per heavy atom. The van der Waals surface area contributed by atoms with Crippen LogP contribution in [0.4, 0.5) is 4.79 Å². The third-order valence-electron chi connectivity index (χ3n) is 3.08. The second-order valence-corrected chi connectivity index (χ2v) is 5.80. The maximum atomic E-state index is 12.1. The summed E-state index contributed by atoms with van der Waals surface area (Å²) in [6.07, 6.45) is 4.19. The van der Waals surface area contributed by atoms with E-state index < -0.39 is 12.0 Å². The van der Waals surface area contributed by atoms with Crippen molar-refractivity contribution in [3.63, 3.8) is 0 Å². The molecule has 1 aliphatic rings. The van der Waals surface area contributed by atoms with Gasteiger partial charge in [0.2, 0.25) is 0 Å². The topological polar surface area (TPSA) is 98.3 Å². The van der Waals surface area contributed by atoms with Crippen molar-refractivity contribution in [3.8, 4) is 0 Å². The van der Waals surface area contributed by atoms with Crippen LogP contribution in [0, 0.1) is 0 Å². The highest BCUT2D eigenvalue weighted by Crippen LogP contribution is 2.10. The zero-order chi connectivity index (χ0) is 14.4. The predicted octanol–water partition coefficient (Wildman–Crippen LogP) is 0.554. The van der Waals surface area contributed by atoms with Crippen molar-refractivity contribution in [2.75, 3.05) is 24.6 Å². The zero-order valence-electron chi connectivity index (χ0n) is 11.0. The lowest BCUT2D eigenvalue weighted by atomic mass is 10.1. The van der Waals surface area contributed by atoms with E-state index in [0.29, 0.717) is 18.8 Å². The number of aliphatic carboxylic acids is 1. The molecule has 0 aliphatic carbocycles. The molecule has 1 atom stereocenters. The fourth-order valence-corrected chi connectivity index (χ4v) is 2.89. The average molecular weight is 298 g/mol. The Bertz CT molecular complexity index is 444. The molecule has 1 aliphatic heterocycles. The van der Waals surface area contributed by atoms with E-state index in [9.17, 15) is 14.7 Å². The van der Waals surface area contributed by atoms with E-state index in [4.69, 9.17) is 0 Å². The smallest absolute Gasteiger partial charge is 0.326 e. The number of aromatic nitrogens is 2. The van der Waals surface area contributed by atoms with E-state index in [1.165, 1.54) is 6.33 Å². The Morgan fingerprint density at radius 2 is 2.35 bits per heavy atom. The number of urea groups is 1. The van der Waals surface area contributed by atoms with Gasteiger partial charge in [-0.25, -0.2) is 14.6 Å². The minimum Gasteiger partial charge on any atom is -0.480 e. The number of aromatic amines is 1. The molecule has 20 heavy (non-hydrogen) atoms. The van der Waals surface area contributed by atoms with Crippen LogP contribution in [0.15, 0.2) is 12.5 Å². The zero-order valence-corrected chi connectivity index (χ0v) is 11.9. The van der Waals surface area contributed by atoms with E-state index in [2.05, 4.69) is 15.3 Å². The molecule has 8 heteroatoms. The van der Waals surface area contributed by atoms with Gasteiger partial charge < -0.3 is 20.3 Å². The fourth-order valence-electron chi connectivity index (χ4n) is 2.01. The molecular formula is C12H18N4O3S. The molecule has 0 bridgehead atoms. The summed E-state index contributed by atoms with van der Waals surface area (Å²) in [5.74, 6) is 0.892. The van der Waals surface area contributed by atoms with Crippen LogP contribution in [0.3, 0.4) is 0 Å². The third kappa shape index (κ3) is 4.16. The highest BCUT2D eigenvalue weighted by atomic mass is 32.2. The Morgan fingerprint density at radius 3 is 3.05 bits per heavy atom. The number of amides is 2. The SMILES string of the molecule is O=C(O)[C@H](Cc1cnc[nH]1)NC(=O)N1CCCSCC1. The highest BCUT2D eigenvalue weighted by molar-refractivity contribution is 7.99. The molecule has 0 saturated carbocycles. The number of carboxylic acids is 1. The van der Waals surface area contributed by atoms with Crippen molar-refractivity contribution in [2.45, 2.75) is 18.9 Å². The number of thioether (sulfide) groups is 1. The van der Waals surface area contributed by atoms with Crippen molar-refractivity contribution >= 4 is 23.8 Å². The molecular weight excluding hydrogens is 280 g/mol. The molecule has 0 aromatic carbocycles. The van der Waals surface area contributed by atoms with Gasteiger partial charge in [-0.1, -0.05) is 0 Å². The second-order valence-electron chi connectivity index (χ2n) is 4.57. The van der Waals surface area contributed by atoms with E-state index >= 15 is 0 Å². The quantitative estimate of drug-likeness (QED) is 0.754. The van der Waals surface area contributed by atoms with Gasteiger partial charge in [0.25, 0.3) is 0 Å². The number of nitrogens with zero attached hydrogens (tertiary/aromatic N) is 2. The van der Waals surface area contributed by atoms with E-state index in [-0.39, 0.29) is 12.5 Å². The molecule has 7 nitrogen and oxygen atoms in total. The number of carbonyl (C=O) groups excluding carboxylic acids is 1. The van der Waals surface area contributed by atoms with Crippen molar-refractivity contribution in [3.05, 3.63) is 18.2 Å². The van der Waals surface area contributed by atoms with Crippen LogP contribution in [0.25, 0.3) is 0 Å². The summed E-state index contributed by atoms with van der Waals surface area (Å²) in [7, 11) is 0. The van der Waals surface area contributed by atoms with Gasteiger partial charge in [0, 0.05) is 37.2 Å². The van der Waals surface area contributed by atoms with Crippen LogP contribution in [-0.2, 0) is 11.2 Å². The summed E-state index contributed by atoms with van der Waals surface area (Å²) in [5, 5.41) is 11.8. The van der Waals surface area contributed by atoms with Crippen LogP contribution < -0.4 is 5.32 Å². The maximum absolute atomic E-state index is 12.1. The van der Waals surface area contributed by atoms with Gasteiger partial charge in [0.1, 0.15) is 6.04 Å². The summed E-state index contributed by atoms with van der Waals surface area (Å²) in [6, 6.07) is -1.25. The molecule has 2 amide bonds. The van der Waals surface area contributed by atoms with E-state index in [1.807, 2.05) is 11.8 Å². The third-order valence-corrected chi connectivity index (χ3v) is 4.13. The first-order chi connectivity index (χ1) is 9.66. The Hall–Kier alpha value is -1.70. The van der Waals surface area contributed by atoms with Crippen molar-refractivity contribution in [1.82, 2.24) is 20.2 Å². The number of carboxylic acid groups (broad SMARTS) is 1. The Labute approximate surface area is 121 Å². The Kier molecular flexibility index (Phi) is 5.28. The lowest BCUT2D eigenvalue weighted by Gasteiger charge is -2.23. The minimum absolute atomic E-state index is 0.198. The van der Waals surface area contributed by atoms with Crippen molar-refractivity contribution in [2.24, 2.45) is 0 Å². The minimum atomic E-state index is -1.04. The van der Waals surface area contributed by atoms with Gasteiger partial charge in [-0.2, -0.15) is 11.8 Å². The summed E-state index contributed by atoms with van der Waals surface area (Å²) in [4.78, 5) is 31.7. The first-order valence-electron chi connectivity index (χ1n) is 6.50. The molecule has 110 valence electrons. The van der Waals surface area contributed by atoms with Crippen molar-refractivity contribution < 1.29 is 14.7 Å². The van der Waals surface area contributed by atoms with Gasteiger partial charge >= 0.3 is 12.0 Å². The number of carbonyl (C=O) groups is 2. The van der Waals surface area contributed by atoms with Gasteiger partial charge in [-0.3, -0.25) is 0 Å². The van der Waals surface area contributed by atoms with Crippen LogP contribution in [0.2, 0.25) is 0 Å². The van der Waals surface area contributed by atoms with Gasteiger partial charge in [0.05, 0.1) is 6.33 Å². The summed E-state index contributed by atoms with van der Waals surface area (Å²) >= 11 is 1.81. The normalized spacial score (nSPS) is 17.3. The largest absolute Gasteiger partial charge is 0.480 e. The number of nitrogens with one attached hydrogen (secondary N) is 2.